The van der Waals surface area contributed by atoms with Crippen LogP contribution in [-0.4, -0.2) is 0 Å². The Kier molecular flexibility index (Phi) is 4.83. The fraction of sp³-hybridized carbons (Fsp3) is 0.174. The molecule has 0 heterocycles. The number of benzene rings is 8. The van der Waals surface area contributed by atoms with Gasteiger partial charge in [0.25, 0.3) is 0 Å². The molecule has 0 aliphatic rings. The van der Waals surface area contributed by atoms with Crippen molar-refractivity contribution in [2.75, 3.05) is 0 Å². The first kappa shape index (κ1) is 26.3. The molecule has 220 valence electrons. The van der Waals surface area contributed by atoms with E-state index in [-0.39, 0.29) is 10.8 Å². The molecule has 0 aromatic heterocycles. The highest BCUT2D eigenvalue weighted by Gasteiger charge is 2.25. The Labute approximate surface area is 268 Å². The summed E-state index contributed by atoms with van der Waals surface area (Å²) < 4.78 is 0. The van der Waals surface area contributed by atoms with Gasteiger partial charge in [-0.3, -0.25) is 0 Å². The van der Waals surface area contributed by atoms with Crippen molar-refractivity contribution in [2.24, 2.45) is 0 Å². The number of hydrogen-bond acceptors (Lipinski definition) is 0. The molecule has 0 fully saturated rings. The first-order chi connectivity index (χ1) is 22.0. The van der Waals surface area contributed by atoms with Crippen molar-refractivity contribution < 1.29 is 0 Å². The van der Waals surface area contributed by atoms with Gasteiger partial charge in [0, 0.05) is 0 Å². The molecule has 0 atom stereocenters. The van der Waals surface area contributed by atoms with E-state index in [0.29, 0.717) is 0 Å². The highest BCUT2D eigenvalue weighted by molar-refractivity contribution is 6.42. The molecule has 0 bridgehead atoms. The lowest BCUT2D eigenvalue weighted by atomic mass is 9.82. The molecule has 0 radical (unpaired) electrons. The van der Waals surface area contributed by atoms with E-state index in [2.05, 4.69) is 151 Å². The highest BCUT2D eigenvalue weighted by atomic mass is 14.3. The lowest BCUT2D eigenvalue weighted by molar-refractivity contribution is 0.591. The zero-order valence-electron chi connectivity index (χ0n) is 27.4. The molecule has 10 aromatic carbocycles. The first-order valence-corrected chi connectivity index (χ1v) is 16.7. The maximum atomic E-state index is 2.54. The average Bonchev–Trinajstić information content (AvgIpc) is 3.50. The molecule has 10 rings (SSSR count). The van der Waals surface area contributed by atoms with Crippen molar-refractivity contribution in [3.63, 3.8) is 0 Å². The quantitative estimate of drug-likeness (QED) is 0.155. The van der Waals surface area contributed by atoms with Crippen molar-refractivity contribution in [2.45, 2.75) is 52.4 Å². The van der Waals surface area contributed by atoms with Gasteiger partial charge < -0.3 is 0 Å². The number of hydrogen-bond donors (Lipinski definition) is 0. The third-order valence-corrected chi connectivity index (χ3v) is 10.9. The van der Waals surface area contributed by atoms with Gasteiger partial charge >= 0.3 is 0 Å². The van der Waals surface area contributed by atoms with Gasteiger partial charge in [0.05, 0.1) is 0 Å². The lowest BCUT2D eigenvalue weighted by Crippen LogP contribution is -2.11. The standard InChI is InChI=1S/C46H36/c1-45(2,3)29-19-37-31-15-25-11-7-9-13-27(25)17-33(31)41-24-36-35(39(21-29)43(37)41)23-42-34-18-28-14-10-8-12-26(28)16-32(34)38-20-30(46(4,5)6)22-40(36)44(38)42/h7-24H,1-6H3. The third-order valence-electron chi connectivity index (χ3n) is 10.9. The summed E-state index contributed by atoms with van der Waals surface area (Å²) in [5.74, 6) is 0. The van der Waals surface area contributed by atoms with Crippen LogP contribution < -0.4 is 0 Å². The average molecular weight is 589 g/mol. The second kappa shape index (κ2) is 8.45. The predicted molar refractivity (Wildman–Crippen MR) is 204 cm³/mol. The summed E-state index contributed by atoms with van der Waals surface area (Å²) in [6.45, 7) is 14.1. The van der Waals surface area contributed by atoms with Crippen molar-refractivity contribution in [1.29, 1.82) is 0 Å². The Morgan fingerprint density at radius 2 is 0.522 bits per heavy atom. The van der Waals surface area contributed by atoms with Gasteiger partial charge in [-0.15, -0.1) is 0 Å². The zero-order valence-corrected chi connectivity index (χ0v) is 27.4. The Morgan fingerprint density at radius 1 is 0.283 bits per heavy atom. The molecule has 0 spiro atoms. The van der Waals surface area contributed by atoms with E-state index in [0.717, 1.165) is 0 Å². The molecular weight excluding hydrogens is 553 g/mol. The SMILES string of the molecule is CC(C)(C)c1cc2c3cc4ccccc4cc3c3cc4c(cc5c6cc7ccccc7cc6c6cc(C(C)(C)C)cc4c65)c(c1)c23. The van der Waals surface area contributed by atoms with E-state index in [9.17, 15) is 0 Å². The Balaban J connectivity index is 1.50. The summed E-state index contributed by atoms with van der Waals surface area (Å²) in [5, 5.41) is 24.5. The van der Waals surface area contributed by atoms with Gasteiger partial charge in [0.1, 0.15) is 0 Å². The van der Waals surface area contributed by atoms with Crippen molar-refractivity contribution in [3.05, 3.63) is 120 Å². The van der Waals surface area contributed by atoms with Gasteiger partial charge in [-0.2, -0.15) is 0 Å². The Bertz CT molecular complexity index is 2700. The maximum absolute atomic E-state index is 2.54. The summed E-state index contributed by atoms with van der Waals surface area (Å²) in [7, 11) is 0. The van der Waals surface area contributed by atoms with Crippen LogP contribution in [0.4, 0.5) is 0 Å². The topological polar surface area (TPSA) is 0 Å². The molecule has 0 heteroatoms. The molecule has 46 heavy (non-hydrogen) atoms. The molecule has 0 saturated carbocycles. The molecule has 0 aliphatic carbocycles. The molecular formula is C46H36. The van der Waals surface area contributed by atoms with E-state index >= 15 is 0 Å². The molecule has 0 aliphatic heterocycles. The molecule has 0 nitrogen and oxygen atoms in total. The molecule has 0 amide bonds. The second-order valence-electron chi connectivity index (χ2n) is 15.8. The zero-order chi connectivity index (χ0) is 31.3. The van der Waals surface area contributed by atoms with Crippen LogP contribution in [0.15, 0.2) is 109 Å². The smallest absolute Gasteiger partial charge is 0.00197 e. The fourth-order valence-electron chi connectivity index (χ4n) is 8.41. The monoisotopic (exact) mass is 588 g/mol. The minimum absolute atomic E-state index is 0.0261. The van der Waals surface area contributed by atoms with E-state index < -0.39 is 0 Å². The summed E-state index contributed by atoms with van der Waals surface area (Å²) in [5.41, 5.74) is 2.83. The van der Waals surface area contributed by atoms with Crippen LogP contribution in [0.1, 0.15) is 52.7 Å². The summed E-state index contributed by atoms with van der Waals surface area (Å²) >= 11 is 0. The van der Waals surface area contributed by atoms with Crippen LogP contribution in [0.3, 0.4) is 0 Å². The molecule has 0 saturated heterocycles. The van der Waals surface area contributed by atoms with Crippen LogP contribution in [0.25, 0.3) is 97.0 Å². The van der Waals surface area contributed by atoms with E-state index in [1.165, 1.54) is 108 Å². The van der Waals surface area contributed by atoms with Gasteiger partial charge in [-0.1, -0.05) is 90.1 Å². The fourth-order valence-corrected chi connectivity index (χ4v) is 8.41. The van der Waals surface area contributed by atoms with Crippen LogP contribution in [0, 0.1) is 0 Å². The van der Waals surface area contributed by atoms with Crippen molar-refractivity contribution in [1.82, 2.24) is 0 Å². The van der Waals surface area contributed by atoms with E-state index in [1.807, 2.05) is 0 Å². The van der Waals surface area contributed by atoms with E-state index in [4.69, 9.17) is 0 Å². The van der Waals surface area contributed by atoms with Crippen molar-refractivity contribution in [3.8, 4) is 0 Å². The molecule has 10 aromatic rings. The highest BCUT2D eigenvalue weighted by Crippen LogP contribution is 2.50. The molecule has 0 unspecified atom stereocenters. The minimum Gasteiger partial charge on any atom is -0.0616 e. The van der Waals surface area contributed by atoms with Crippen molar-refractivity contribution >= 4 is 97.0 Å². The number of rotatable bonds is 0. The number of fused-ring (bicyclic) bond motifs is 11. The van der Waals surface area contributed by atoms with Crippen LogP contribution in [-0.2, 0) is 10.8 Å². The van der Waals surface area contributed by atoms with Crippen LogP contribution in [0.5, 0.6) is 0 Å². The Morgan fingerprint density at radius 3 is 0.783 bits per heavy atom. The maximum Gasteiger partial charge on any atom is -0.00197 e. The first-order valence-electron chi connectivity index (χ1n) is 16.7. The van der Waals surface area contributed by atoms with Gasteiger partial charge in [-0.05, 0) is 180 Å². The van der Waals surface area contributed by atoms with Gasteiger partial charge in [0.15, 0.2) is 0 Å². The van der Waals surface area contributed by atoms with E-state index in [1.54, 1.807) is 0 Å². The normalized spacial score (nSPS) is 13.4. The lowest BCUT2D eigenvalue weighted by Gasteiger charge is -2.22. The second-order valence-corrected chi connectivity index (χ2v) is 15.8. The summed E-state index contributed by atoms with van der Waals surface area (Å²) in [6.07, 6.45) is 0. The predicted octanol–water partition coefficient (Wildman–Crippen LogP) is 13.5. The largest absolute Gasteiger partial charge is 0.0616 e. The third kappa shape index (κ3) is 3.40. The summed E-state index contributed by atoms with van der Waals surface area (Å²) in [4.78, 5) is 0. The molecule has 0 N–H and O–H groups in total. The minimum atomic E-state index is 0.0261. The van der Waals surface area contributed by atoms with Gasteiger partial charge in [-0.25, -0.2) is 0 Å². The summed E-state index contributed by atoms with van der Waals surface area (Å²) in [6, 6.07) is 42.4. The van der Waals surface area contributed by atoms with Crippen LogP contribution in [0.2, 0.25) is 0 Å². The Hall–Kier alpha value is -4.94. The van der Waals surface area contributed by atoms with Crippen LogP contribution >= 0.6 is 0 Å². The van der Waals surface area contributed by atoms with Gasteiger partial charge in [0.2, 0.25) is 0 Å².